The van der Waals surface area contributed by atoms with Crippen molar-refractivity contribution in [2.75, 3.05) is 0 Å². The summed E-state index contributed by atoms with van der Waals surface area (Å²) in [5.41, 5.74) is 1.32. The first-order valence-electron chi connectivity index (χ1n) is 6.21. The second kappa shape index (κ2) is 6.02. The Kier molecular flexibility index (Phi) is 4.37. The first-order chi connectivity index (χ1) is 7.92. The van der Waals surface area contributed by atoms with E-state index in [0.717, 1.165) is 19.3 Å². The van der Waals surface area contributed by atoms with Gasteiger partial charge in [0.1, 0.15) is 12.2 Å². The van der Waals surface area contributed by atoms with Crippen LogP contribution in [-0.4, -0.2) is 12.2 Å². The zero-order chi connectivity index (χ0) is 11.2. The summed E-state index contributed by atoms with van der Waals surface area (Å²) in [6.45, 7) is 2.07. The number of hydrogen-bond donors (Lipinski definition) is 0. The van der Waals surface area contributed by atoms with Gasteiger partial charge >= 0.3 is 0 Å². The molecule has 0 radical (unpaired) electrons. The molecule has 0 aromatic rings. The van der Waals surface area contributed by atoms with Crippen LogP contribution in [0.3, 0.4) is 0 Å². The third-order valence-electron chi connectivity index (χ3n) is 3.12. The minimum absolute atomic E-state index is 0.234. The monoisotopic (exact) mass is 220 g/mol. The summed E-state index contributed by atoms with van der Waals surface area (Å²) in [6.07, 6.45) is 17.1. The van der Waals surface area contributed by atoms with E-state index in [2.05, 4.69) is 37.3 Å². The van der Waals surface area contributed by atoms with Gasteiger partial charge in [0, 0.05) is 0 Å². The number of unbranched alkanes of at least 4 members (excludes halogenated alkanes) is 2. The molecule has 2 rings (SSSR count). The molecule has 1 heterocycles. The van der Waals surface area contributed by atoms with Crippen molar-refractivity contribution in [3.8, 4) is 0 Å². The van der Waals surface area contributed by atoms with Gasteiger partial charge in [-0.2, -0.15) is 0 Å². The minimum Gasteiger partial charge on any atom is -0.228 e. The molecule has 2 nitrogen and oxygen atoms in total. The van der Waals surface area contributed by atoms with E-state index in [1.54, 1.807) is 0 Å². The van der Waals surface area contributed by atoms with Gasteiger partial charge in [-0.05, 0) is 44.6 Å². The lowest BCUT2D eigenvalue weighted by Crippen LogP contribution is -2.05. The van der Waals surface area contributed by atoms with Crippen LogP contribution in [0.15, 0.2) is 36.0 Å². The van der Waals surface area contributed by atoms with Crippen LogP contribution in [0.5, 0.6) is 0 Å². The highest BCUT2D eigenvalue weighted by atomic mass is 17.2. The van der Waals surface area contributed by atoms with E-state index >= 15 is 0 Å². The van der Waals surface area contributed by atoms with E-state index < -0.39 is 0 Å². The minimum atomic E-state index is 0.234. The van der Waals surface area contributed by atoms with Crippen molar-refractivity contribution in [2.24, 2.45) is 0 Å². The molecule has 2 bridgehead atoms. The maximum absolute atomic E-state index is 5.16. The van der Waals surface area contributed by atoms with E-state index in [0.29, 0.717) is 0 Å². The number of allylic oxidation sites excluding steroid dienone is 5. The summed E-state index contributed by atoms with van der Waals surface area (Å²) < 4.78 is 0. The first-order valence-corrected chi connectivity index (χ1v) is 6.21. The van der Waals surface area contributed by atoms with Crippen LogP contribution >= 0.6 is 0 Å². The number of rotatable bonds is 5. The zero-order valence-electron chi connectivity index (χ0n) is 9.89. The predicted molar refractivity (Wildman–Crippen MR) is 64.9 cm³/mol. The van der Waals surface area contributed by atoms with Gasteiger partial charge in [-0.15, -0.1) is 0 Å². The molecule has 1 aliphatic heterocycles. The molecule has 2 fully saturated rings. The van der Waals surface area contributed by atoms with Gasteiger partial charge in [-0.1, -0.05) is 30.4 Å². The van der Waals surface area contributed by atoms with Crippen molar-refractivity contribution in [1.29, 1.82) is 0 Å². The predicted octanol–water partition coefficient (Wildman–Crippen LogP) is 3.71. The van der Waals surface area contributed by atoms with E-state index in [-0.39, 0.29) is 12.2 Å². The average Bonchev–Trinajstić information content (AvgIpc) is 2.87. The van der Waals surface area contributed by atoms with E-state index in [1.165, 1.54) is 18.4 Å². The topological polar surface area (TPSA) is 18.5 Å². The van der Waals surface area contributed by atoms with Crippen molar-refractivity contribution >= 4 is 0 Å². The molecule has 1 saturated carbocycles. The summed E-state index contributed by atoms with van der Waals surface area (Å²) in [7, 11) is 0. The van der Waals surface area contributed by atoms with Crippen molar-refractivity contribution in [1.82, 2.24) is 0 Å². The Morgan fingerprint density at radius 1 is 1.12 bits per heavy atom. The van der Waals surface area contributed by atoms with Crippen LogP contribution in [0.1, 0.15) is 39.0 Å². The Hall–Kier alpha value is -0.860. The third kappa shape index (κ3) is 2.83. The Balaban J connectivity index is 1.70. The van der Waals surface area contributed by atoms with Gasteiger partial charge < -0.3 is 0 Å². The summed E-state index contributed by atoms with van der Waals surface area (Å²) in [4.78, 5) is 10.3. The molecule has 0 unspecified atom stereocenters. The third-order valence-corrected chi connectivity index (χ3v) is 3.12. The first kappa shape index (κ1) is 11.6. The van der Waals surface area contributed by atoms with Crippen molar-refractivity contribution in [3.63, 3.8) is 0 Å². The lowest BCUT2D eigenvalue weighted by molar-refractivity contribution is -0.315. The van der Waals surface area contributed by atoms with Crippen LogP contribution in [0.4, 0.5) is 0 Å². The van der Waals surface area contributed by atoms with Gasteiger partial charge in [0.15, 0.2) is 0 Å². The second-order valence-corrected chi connectivity index (χ2v) is 4.34. The molecule has 0 spiro atoms. The highest BCUT2D eigenvalue weighted by Gasteiger charge is 2.39. The highest BCUT2D eigenvalue weighted by molar-refractivity contribution is 5.25. The highest BCUT2D eigenvalue weighted by Crippen LogP contribution is 2.37. The zero-order valence-corrected chi connectivity index (χ0v) is 9.89. The standard InChI is InChI=1S/C14H20O2/c1-2-3-4-5-6-7-8-9-12-13-10-11-14(12)16-15-13/h2-3,7-9,13-14H,4-6,10-11H2,1H3/b3-2-,8-7+,12-9?/t13-,14+. The van der Waals surface area contributed by atoms with Crippen LogP contribution in [0.2, 0.25) is 0 Å². The summed E-state index contributed by atoms with van der Waals surface area (Å²) in [5, 5.41) is 0. The molecular weight excluding hydrogens is 200 g/mol. The molecule has 88 valence electrons. The van der Waals surface area contributed by atoms with Gasteiger partial charge in [-0.3, -0.25) is 0 Å². The molecule has 0 aromatic heterocycles. The van der Waals surface area contributed by atoms with Gasteiger partial charge in [0.05, 0.1) is 0 Å². The molecule has 16 heavy (non-hydrogen) atoms. The molecule has 2 atom stereocenters. The lowest BCUT2D eigenvalue weighted by Gasteiger charge is -2.05. The van der Waals surface area contributed by atoms with E-state index in [1.807, 2.05) is 0 Å². The van der Waals surface area contributed by atoms with Crippen LogP contribution in [0.25, 0.3) is 0 Å². The van der Waals surface area contributed by atoms with Crippen LogP contribution in [-0.2, 0) is 9.78 Å². The number of fused-ring (bicyclic) bond motifs is 2. The van der Waals surface area contributed by atoms with Crippen molar-refractivity contribution < 1.29 is 9.78 Å². The normalized spacial score (nSPS) is 31.4. The quantitative estimate of drug-likeness (QED) is 0.399. The van der Waals surface area contributed by atoms with Crippen LogP contribution < -0.4 is 0 Å². The van der Waals surface area contributed by atoms with E-state index in [9.17, 15) is 0 Å². The SMILES string of the molecule is C/C=C\CCC/C=C/C=C1[C@@H]2CC[C@H]1OO2. The molecule has 0 aromatic carbocycles. The molecule has 1 saturated heterocycles. The smallest absolute Gasteiger partial charge is 0.117 e. The molecule has 0 N–H and O–H groups in total. The molecular formula is C14H20O2. The summed E-state index contributed by atoms with van der Waals surface area (Å²) >= 11 is 0. The van der Waals surface area contributed by atoms with Crippen molar-refractivity contribution in [3.05, 3.63) is 36.0 Å². The van der Waals surface area contributed by atoms with E-state index in [4.69, 9.17) is 9.78 Å². The lowest BCUT2D eigenvalue weighted by atomic mass is 10.1. The second-order valence-electron chi connectivity index (χ2n) is 4.34. The fourth-order valence-corrected chi connectivity index (χ4v) is 2.20. The molecule has 1 aliphatic carbocycles. The summed E-state index contributed by atoms with van der Waals surface area (Å²) in [5.74, 6) is 0. The van der Waals surface area contributed by atoms with Crippen molar-refractivity contribution in [2.45, 2.75) is 51.2 Å². The van der Waals surface area contributed by atoms with Gasteiger partial charge in [-0.25, -0.2) is 9.78 Å². The Labute approximate surface area is 97.6 Å². The summed E-state index contributed by atoms with van der Waals surface area (Å²) in [6, 6.07) is 0. The largest absolute Gasteiger partial charge is 0.228 e. The van der Waals surface area contributed by atoms with Gasteiger partial charge in [0.2, 0.25) is 0 Å². The maximum Gasteiger partial charge on any atom is 0.117 e. The molecule has 2 aliphatic rings. The average molecular weight is 220 g/mol. The fraction of sp³-hybridized carbons (Fsp3) is 0.571. The molecule has 0 amide bonds. The van der Waals surface area contributed by atoms with Gasteiger partial charge in [0.25, 0.3) is 0 Å². The molecule has 2 heteroatoms. The maximum atomic E-state index is 5.16. The van der Waals surface area contributed by atoms with Crippen LogP contribution in [0, 0.1) is 0 Å². The Morgan fingerprint density at radius 2 is 1.81 bits per heavy atom. The number of hydrogen-bond acceptors (Lipinski definition) is 2. The Bertz CT molecular complexity index is 280. The fourth-order valence-electron chi connectivity index (χ4n) is 2.20. The Morgan fingerprint density at radius 3 is 2.44 bits per heavy atom.